The molecular weight excluding hydrogens is 318 g/mol. The van der Waals surface area contributed by atoms with E-state index in [0.29, 0.717) is 28.3 Å². The van der Waals surface area contributed by atoms with Crippen molar-refractivity contribution in [3.8, 4) is 22.9 Å². The van der Waals surface area contributed by atoms with Gasteiger partial charge in [-0.1, -0.05) is 26.8 Å². The highest BCUT2D eigenvalue weighted by atomic mass is 16.5. The molecule has 6 nitrogen and oxygen atoms in total. The van der Waals surface area contributed by atoms with Gasteiger partial charge in [-0.25, -0.2) is 0 Å². The molecule has 1 heterocycles. The quantitative estimate of drug-likeness (QED) is 0.897. The van der Waals surface area contributed by atoms with Gasteiger partial charge < -0.3 is 15.0 Å². The molecule has 0 fully saturated rings. The second-order valence-electron chi connectivity index (χ2n) is 6.77. The maximum absolute atomic E-state index is 12.4. The molecule has 1 aromatic carbocycles. The van der Waals surface area contributed by atoms with Crippen molar-refractivity contribution in [1.82, 2.24) is 4.98 Å². The van der Waals surface area contributed by atoms with Crippen molar-refractivity contribution in [3.63, 3.8) is 0 Å². The minimum absolute atomic E-state index is 0.0265. The highest BCUT2D eigenvalue weighted by Crippen LogP contribution is 2.38. The van der Waals surface area contributed by atoms with Crippen LogP contribution >= 0.6 is 0 Å². The number of carbonyl (C=O) groups is 1. The molecule has 0 atom stereocenters. The molecule has 0 saturated carbocycles. The second kappa shape index (κ2) is 6.81. The molecule has 0 aliphatic carbocycles. The van der Waals surface area contributed by atoms with E-state index in [1.54, 1.807) is 52.0 Å². The molecule has 2 N–H and O–H groups in total. The Bertz CT molecular complexity index is 915. The Kier molecular flexibility index (Phi) is 4.98. The molecule has 0 saturated heterocycles. The zero-order valence-corrected chi connectivity index (χ0v) is 15.0. The van der Waals surface area contributed by atoms with E-state index in [1.165, 1.54) is 7.11 Å². The van der Waals surface area contributed by atoms with Gasteiger partial charge in [0.2, 0.25) is 5.91 Å². The van der Waals surface area contributed by atoms with Crippen molar-refractivity contribution in [2.75, 3.05) is 12.4 Å². The first-order valence-electron chi connectivity index (χ1n) is 7.82. The number of amides is 1. The molecule has 0 bridgehead atoms. The van der Waals surface area contributed by atoms with Crippen LogP contribution in [0.3, 0.4) is 0 Å². The SMILES string of the molecule is COc1cccc(NC(=O)C(C)(C)C)c1-c1cc(C)[nH]c(=O)c1C#N. The van der Waals surface area contributed by atoms with E-state index < -0.39 is 11.0 Å². The van der Waals surface area contributed by atoms with E-state index in [9.17, 15) is 14.9 Å². The average Bonchev–Trinajstić information content (AvgIpc) is 2.53. The number of aromatic amines is 1. The lowest BCUT2D eigenvalue weighted by Crippen LogP contribution is -2.28. The number of rotatable bonds is 3. The number of methoxy groups -OCH3 is 1. The van der Waals surface area contributed by atoms with Gasteiger partial charge in [0, 0.05) is 22.2 Å². The van der Waals surface area contributed by atoms with Crippen molar-refractivity contribution >= 4 is 11.6 Å². The van der Waals surface area contributed by atoms with Crippen LogP contribution in [0, 0.1) is 23.7 Å². The fraction of sp³-hybridized carbons (Fsp3) is 0.316. The van der Waals surface area contributed by atoms with Gasteiger partial charge in [0.15, 0.2) is 0 Å². The van der Waals surface area contributed by atoms with Crippen molar-refractivity contribution in [3.05, 3.63) is 45.9 Å². The van der Waals surface area contributed by atoms with Crippen LogP contribution in [0.4, 0.5) is 5.69 Å². The predicted octanol–water partition coefficient (Wildman–Crippen LogP) is 3.22. The van der Waals surface area contributed by atoms with Crippen LogP contribution in [-0.4, -0.2) is 18.0 Å². The van der Waals surface area contributed by atoms with Gasteiger partial charge in [-0.2, -0.15) is 5.26 Å². The first-order valence-corrected chi connectivity index (χ1v) is 7.82. The number of carbonyl (C=O) groups excluding carboxylic acids is 1. The molecular formula is C19H21N3O3. The Morgan fingerprint density at radius 1 is 1.32 bits per heavy atom. The minimum Gasteiger partial charge on any atom is -0.496 e. The molecule has 2 rings (SSSR count). The lowest BCUT2D eigenvalue weighted by molar-refractivity contribution is -0.123. The maximum atomic E-state index is 12.4. The first-order chi connectivity index (χ1) is 11.7. The summed E-state index contributed by atoms with van der Waals surface area (Å²) in [5, 5.41) is 12.3. The molecule has 0 aliphatic rings. The number of nitriles is 1. The van der Waals surface area contributed by atoms with Crippen molar-refractivity contribution in [2.24, 2.45) is 5.41 Å². The Balaban J connectivity index is 2.76. The van der Waals surface area contributed by atoms with Crippen LogP contribution in [-0.2, 0) is 4.79 Å². The van der Waals surface area contributed by atoms with E-state index in [0.717, 1.165) is 0 Å². The van der Waals surface area contributed by atoms with E-state index in [4.69, 9.17) is 4.74 Å². The van der Waals surface area contributed by atoms with Gasteiger partial charge in [-0.15, -0.1) is 0 Å². The third kappa shape index (κ3) is 3.72. The van der Waals surface area contributed by atoms with E-state index in [2.05, 4.69) is 10.3 Å². The molecule has 0 unspecified atom stereocenters. The number of hydrogen-bond donors (Lipinski definition) is 2. The summed E-state index contributed by atoms with van der Waals surface area (Å²) >= 11 is 0. The molecule has 0 spiro atoms. The molecule has 25 heavy (non-hydrogen) atoms. The van der Waals surface area contributed by atoms with Crippen LogP contribution in [0.1, 0.15) is 32.0 Å². The third-order valence-corrected chi connectivity index (χ3v) is 3.72. The van der Waals surface area contributed by atoms with Gasteiger partial charge in [0.05, 0.1) is 12.8 Å². The Hall–Kier alpha value is -3.07. The number of pyridine rings is 1. The normalized spacial score (nSPS) is 10.9. The summed E-state index contributed by atoms with van der Waals surface area (Å²) in [4.78, 5) is 27.2. The van der Waals surface area contributed by atoms with Gasteiger partial charge in [0.25, 0.3) is 5.56 Å². The van der Waals surface area contributed by atoms with Gasteiger partial charge in [0.1, 0.15) is 17.4 Å². The summed E-state index contributed by atoms with van der Waals surface area (Å²) < 4.78 is 5.41. The summed E-state index contributed by atoms with van der Waals surface area (Å²) in [6.07, 6.45) is 0. The number of benzene rings is 1. The van der Waals surface area contributed by atoms with Crippen molar-refractivity contribution in [1.29, 1.82) is 5.26 Å². The van der Waals surface area contributed by atoms with Crippen LogP contribution in [0.2, 0.25) is 0 Å². The number of hydrogen-bond acceptors (Lipinski definition) is 4. The number of ether oxygens (including phenoxy) is 1. The molecule has 1 aromatic heterocycles. The van der Waals surface area contributed by atoms with Crippen molar-refractivity contribution < 1.29 is 9.53 Å². The highest BCUT2D eigenvalue weighted by Gasteiger charge is 2.24. The smallest absolute Gasteiger partial charge is 0.266 e. The molecule has 130 valence electrons. The molecule has 0 aliphatic heterocycles. The van der Waals surface area contributed by atoms with Gasteiger partial charge in [-0.05, 0) is 25.1 Å². The second-order valence-corrected chi connectivity index (χ2v) is 6.77. The standard InChI is InChI=1S/C19H21N3O3/c1-11-9-12(13(10-20)17(23)21-11)16-14(7-6-8-15(16)25-5)22-18(24)19(2,3)4/h6-9H,1-5H3,(H,21,23)(H,22,24). The fourth-order valence-electron chi connectivity index (χ4n) is 2.39. The van der Waals surface area contributed by atoms with E-state index in [-0.39, 0.29) is 11.5 Å². The summed E-state index contributed by atoms with van der Waals surface area (Å²) in [5.41, 5.74) is 0.929. The Labute approximate surface area is 146 Å². The number of nitrogens with one attached hydrogen (secondary N) is 2. The zero-order valence-electron chi connectivity index (χ0n) is 15.0. The molecule has 1 amide bonds. The van der Waals surface area contributed by atoms with Gasteiger partial charge in [-0.3, -0.25) is 9.59 Å². The number of anilines is 1. The number of H-pyrrole nitrogens is 1. The van der Waals surface area contributed by atoms with Crippen LogP contribution in [0.5, 0.6) is 5.75 Å². The monoisotopic (exact) mass is 339 g/mol. The van der Waals surface area contributed by atoms with Crippen LogP contribution < -0.4 is 15.6 Å². The number of aryl methyl sites for hydroxylation is 1. The first kappa shape index (κ1) is 18.3. The summed E-state index contributed by atoms with van der Waals surface area (Å²) in [7, 11) is 1.50. The van der Waals surface area contributed by atoms with E-state index >= 15 is 0 Å². The Morgan fingerprint density at radius 3 is 2.56 bits per heavy atom. The summed E-state index contributed by atoms with van der Waals surface area (Å²) in [6, 6.07) is 8.82. The molecule has 6 heteroatoms. The largest absolute Gasteiger partial charge is 0.496 e. The highest BCUT2D eigenvalue weighted by molar-refractivity contribution is 6.00. The number of nitrogens with zero attached hydrogens (tertiary/aromatic N) is 1. The lowest BCUT2D eigenvalue weighted by Gasteiger charge is -2.21. The van der Waals surface area contributed by atoms with Crippen LogP contribution in [0.15, 0.2) is 29.1 Å². The van der Waals surface area contributed by atoms with Crippen LogP contribution in [0.25, 0.3) is 11.1 Å². The summed E-state index contributed by atoms with van der Waals surface area (Å²) in [5.74, 6) is 0.287. The lowest BCUT2D eigenvalue weighted by atomic mass is 9.94. The average molecular weight is 339 g/mol. The predicted molar refractivity (Wildman–Crippen MR) is 96.6 cm³/mol. The van der Waals surface area contributed by atoms with E-state index in [1.807, 2.05) is 6.07 Å². The molecule has 2 aromatic rings. The molecule has 0 radical (unpaired) electrons. The van der Waals surface area contributed by atoms with Gasteiger partial charge >= 0.3 is 0 Å². The Morgan fingerprint density at radius 2 is 2.00 bits per heavy atom. The fourth-order valence-corrected chi connectivity index (χ4v) is 2.39. The number of aromatic nitrogens is 1. The minimum atomic E-state index is -0.595. The van der Waals surface area contributed by atoms with Crippen molar-refractivity contribution in [2.45, 2.75) is 27.7 Å². The maximum Gasteiger partial charge on any atom is 0.266 e. The topological polar surface area (TPSA) is 95.0 Å². The third-order valence-electron chi connectivity index (χ3n) is 3.72. The summed E-state index contributed by atoms with van der Waals surface area (Å²) in [6.45, 7) is 7.15. The zero-order chi connectivity index (χ0) is 18.8.